The first kappa shape index (κ1) is 12.3. The summed E-state index contributed by atoms with van der Waals surface area (Å²) >= 11 is 0. The molecule has 0 saturated carbocycles. The highest BCUT2D eigenvalue weighted by molar-refractivity contribution is 5.88. The Morgan fingerprint density at radius 2 is 1.83 bits per heavy atom. The molecule has 2 heterocycles. The van der Waals surface area contributed by atoms with E-state index in [1.807, 2.05) is 20.8 Å². The fraction of sp³-hybridized carbons (Fsp3) is 0.308. The van der Waals surface area contributed by atoms with Crippen molar-refractivity contribution in [2.75, 3.05) is 0 Å². The van der Waals surface area contributed by atoms with E-state index < -0.39 is 5.97 Å². The summed E-state index contributed by atoms with van der Waals surface area (Å²) in [5, 5.41) is 13.4. The number of nitrogens with zero attached hydrogens (tertiary/aromatic N) is 3. The van der Waals surface area contributed by atoms with Crippen LogP contribution in [-0.4, -0.2) is 25.8 Å². The zero-order chi connectivity index (χ0) is 13.4. The molecule has 2 aromatic heterocycles. The Labute approximate surface area is 105 Å². The molecule has 0 aliphatic heterocycles. The van der Waals surface area contributed by atoms with Gasteiger partial charge in [0.15, 0.2) is 5.82 Å². The molecule has 1 N–H and O–H groups in total. The van der Waals surface area contributed by atoms with Gasteiger partial charge in [-0.1, -0.05) is 0 Å². The fourth-order valence-corrected chi connectivity index (χ4v) is 1.84. The van der Waals surface area contributed by atoms with Crippen LogP contribution in [0.3, 0.4) is 0 Å². The number of pyridine rings is 1. The lowest BCUT2D eigenvalue weighted by Crippen LogP contribution is -2.07. The number of carbonyl (C=O) groups is 1. The molecule has 0 spiro atoms. The van der Waals surface area contributed by atoms with Crippen LogP contribution in [-0.2, 0) is 0 Å². The third-order valence-corrected chi connectivity index (χ3v) is 3.17. The number of carboxylic acid groups (broad SMARTS) is 1. The highest BCUT2D eigenvalue weighted by Crippen LogP contribution is 2.16. The largest absolute Gasteiger partial charge is 0.478 e. The Morgan fingerprint density at radius 1 is 1.17 bits per heavy atom. The Morgan fingerprint density at radius 3 is 2.28 bits per heavy atom. The van der Waals surface area contributed by atoms with Gasteiger partial charge in [-0.3, -0.25) is 0 Å². The summed E-state index contributed by atoms with van der Waals surface area (Å²) in [6, 6.07) is 3.24. The number of aryl methyl sites for hydroxylation is 2. The topological polar surface area (TPSA) is 68.0 Å². The van der Waals surface area contributed by atoms with Gasteiger partial charge in [-0.25, -0.2) is 14.5 Å². The van der Waals surface area contributed by atoms with Crippen molar-refractivity contribution in [2.45, 2.75) is 27.7 Å². The lowest BCUT2D eigenvalue weighted by Gasteiger charge is -2.06. The first-order valence-electron chi connectivity index (χ1n) is 5.66. The van der Waals surface area contributed by atoms with Crippen molar-refractivity contribution in [1.29, 1.82) is 0 Å². The van der Waals surface area contributed by atoms with Gasteiger partial charge in [0.1, 0.15) is 0 Å². The fourth-order valence-electron chi connectivity index (χ4n) is 1.84. The zero-order valence-corrected chi connectivity index (χ0v) is 10.9. The Bertz CT molecular complexity index is 629. The molecule has 5 nitrogen and oxygen atoms in total. The second-order valence-electron chi connectivity index (χ2n) is 4.32. The number of carboxylic acids is 1. The highest BCUT2D eigenvalue weighted by atomic mass is 16.4. The summed E-state index contributed by atoms with van der Waals surface area (Å²) in [4.78, 5) is 15.2. The molecule has 2 rings (SSSR count). The van der Waals surface area contributed by atoms with E-state index in [1.165, 1.54) is 0 Å². The second kappa shape index (κ2) is 4.25. The van der Waals surface area contributed by atoms with Crippen molar-refractivity contribution in [3.05, 3.63) is 40.3 Å². The number of aromatic carboxylic acids is 1. The predicted octanol–water partition coefficient (Wildman–Crippen LogP) is 2.20. The van der Waals surface area contributed by atoms with E-state index in [0.29, 0.717) is 11.5 Å². The van der Waals surface area contributed by atoms with Crippen LogP contribution in [0.25, 0.3) is 5.82 Å². The lowest BCUT2D eigenvalue weighted by molar-refractivity contribution is 0.0695. The molecular formula is C13H15N3O2. The summed E-state index contributed by atoms with van der Waals surface area (Å²) in [7, 11) is 0. The van der Waals surface area contributed by atoms with Crippen molar-refractivity contribution < 1.29 is 9.90 Å². The summed E-state index contributed by atoms with van der Waals surface area (Å²) < 4.78 is 1.74. The molecule has 18 heavy (non-hydrogen) atoms. The van der Waals surface area contributed by atoms with E-state index in [-0.39, 0.29) is 5.56 Å². The monoisotopic (exact) mass is 245 g/mol. The Kier molecular flexibility index (Phi) is 2.90. The maximum atomic E-state index is 10.9. The zero-order valence-electron chi connectivity index (χ0n) is 10.9. The van der Waals surface area contributed by atoms with Gasteiger partial charge in [-0.05, 0) is 45.4 Å². The molecule has 0 aliphatic rings. The van der Waals surface area contributed by atoms with Crippen molar-refractivity contribution in [2.24, 2.45) is 0 Å². The van der Waals surface area contributed by atoms with Crippen molar-refractivity contribution in [1.82, 2.24) is 14.8 Å². The summed E-state index contributed by atoms with van der Waals surface area (Å²) in [6.07, 6.45) is 0. The van der Waals surface area contributed by atoms with Gasteiger partial charge in [-0.2, -0.15) is 5.10 Å². The van der Waals surface area contributed by atoms with Gasteiger partial charge in [0, 0.05) is 5.69 Å². The minimum Gasteiger partial charge on any atom is -0.478 e. The van der Waals surface area contributed by atoms with Crippen LogP contribution in [0, 0.1) is 27.7 Å². The maximum absolute atomic E-state index is 10.9. The average molecular weight is 245 g/mol. The van der Waals surface area contributed by atoms with Crippen LogP contribution in [0.15, 0.2) is 12.1 Å². The van der Waals surface area contributed by atoms with E-state index >= 15 is 0 Å². The molecule has 0 amide bonds. The summed E-state index contributed by atoms with van der Waals surface area (Å²) in [5.74, 6) is -0.317. The SMILES string of the molecule is Cc1nc(-n2nc(C)c(C)c2C)ccc1C(=O)O. The van der Waals surface area contributed by atoms with Crippen LogP contribution in [0.1, 0.15) is 33.0 Å². The molecule has 2 aromatic rings. The molecule has 0 saturated heterocycles. The Hall–Kier alpha value is -2.17. The average Bonchev–Trinajstić information content (AvgIpc) is 2.56. The van der Waals surface area contributed by atoms with Crippen LogP contribution < -0.4 is 0 Å². The molecule has 94 valence electrons. The highest BCUT2D eigenvalue weighted by Gasteiger charge is 2.13. The van der Waals surface area contributed by atoms with Crippen LogP contribution >= 0.6 is 0 Å². The van der Waals surface area contributed by atoms with Crippen LogP contribution in [0.5, 0.6) is 0 Å². The minimum absolute atomic E-state index is 0.219. The number of hydrogen-bond donors (Lipinski definition) is 1. The Balaban J connectivity index is 2.55. The van der Waals surface area contributed by atoms with Gasteiger partial charge in [-0.15, -0.1) is 0 Å². The van der Waals surface area contributed by atoms with Gasteiger partial charge < -0.3 is 5.11 Å². The van der Waals surface area contributed by atoms with Crippen molar-refractivity contribution in [3.8, 4) is 5.82 Å². The second-order valence-corrected chi connectivity index (χ2v) is 4.32. The molecule has 0 atom stereocenters. The molecule has 0 aromatic carbocycles. The molecule has 0 aliphatic carbocycles. The van der Waals surface area contributed by atoms with Gasteiger partial charge in [0.2, 0.25) is 0 Å². The van der Waals surface area contributed by atoms with Gasteiger partial charge in [0.25, 0.3) is 0 Å². The van der Waals surface area contributed by atoms with Crippen molar-refractivity contribution >= 4 is 5.97 Å². The summed E-state index contributed by atoms with van der Waals surface area (Å²) in [6.45, 7) is 7.60. The quantitative estimate of drug-likeness (QED) is 0.880. The van der Waals surface area contributed by atoms with Gasteiger partial charge >= 0.3 is 5.97 Å². The molecule has 0 bridgehead atoms. The molecular weight excluding hydrogens is 230 g/mol. The molecule has 0 radical (unpaired) electrons. The third-order valence-electron chi connectivity index (χ3n) is 3.17. The van der Waals surface area contributed by atoms with Crippen molar-refractivity contribution in [3.63, 3.8) is 0 Å². The molecule has 0 fully saturated rings. The van der Waals surface area contributed by atoms with E-state index in [4.69, 9.17) is 5.11 Å². The third kappa shape index (κ3) is 1.88. The predicted molar refractivity (Wildman–Crippen MR) is 67.3 cm³/mol. The smallest absolute Gasteiger partial charge is 0.337 e. The number of hydrogen-bond acceptors (Lipinski definition) is 3. The molecule has 5 heteroatoms. The molecule has 0 unspecified atom stereocenters. The standard InChI is InChI=1S/C13H15N3O2/c1-7-8(2)15-16(10(7)4)12-6-5-11(13(17)18)9(3)14-12/h5-6H,1-4H3,(H,17,18). The number of aromatic nitrogens is 3. The minimum atomic E-state index is -0.962. The lowest BCUT2D eigenvalue weighted by atomic mass is 10.2. The first-order valence-corrected chi connectivity index (χ1v) is 5.66. The first-order chi connectivity index (χ1) is 8.41. The number of rotatable bonds is 2. The maximum Gasteiger partial charge on any atom is 0.337 e. The van der Waals surface area contributed by atoms with Crippen LogP contribution in [0.4, 0.5) is 0 Å². The van der Waals surface area contributed by atoms with E-state index in [9.17, 15) is 4.79 Å². The normalized spacial score (nSPS) is 10.7. The van der Waals surface area contributed by atoms with E-state index in [1.54, 1.807) is 23.7 Å². The van der Waals surface area contributed by atoms with Crippen LogP contribution in [0.2, 0.25) is 0 Å². The van der Waals surface area contributed by atoms with Gasteiger partial charge in [0.05, 0.1) is 17.0 Å². The van der Waals surface area contributed by atoms with E-state index in [0.717, 1.165) is 17.0 Å². The van der Waals surface area contributed by atoms with E-state index in [2.05, 4.69) is 10.1 Å². The summed E-state index contributed by atoms with van der Waals surface area (Å²) in [5.41, 5.74) is 3.80.